The monoisotopic (exact) mass is 316 g/mol. The Hall–Kier alpha value is -2.72. The topological polar surface area (TPSA) is 76.1 Å². The summed E-state index contributed by atoms with van der Waals surface area (Å²) in [6, 6.07) is 7.70. The molecule has 0 aliphatic rings. The number of carbonyl (C=O) groups is 1. The number of rotatable bonds is 4. The predicted octanol–water partition coefficient (Wildman–Crippen LogP) is 3.53. The van der Waals surface area contributed by atoms with Crippen LogP contribution in [0.2, 0.25) is 0 Å². The lowest BCUT2D eigenvalue weighted by atomic mass is 10.1. The molecule has 1 aromatic carbocycles. The van der Waals surface area contributed by atoms with Crippen molar-refractivity contribution in [2.75, 3.05) is 7.11 Å². The second-order valence-electron chi connectivity index (χ2n) is 4.41. The molecule has 2 heterocycles. The molecular formula is C15H9FN2O3S. The van der Waals surface area contributed by atoms with Gasteiger partial charge in [0.05, 0.1) is 29.7 Å². The number of halogens is 1. The highest BCUT2D eigenvalue weighted by Gasteiger charge is 2.27. The molecule has 1 unspecified atom stereocenters. The quantitative estimate of drug-likeness (QED) is 0.688. The molecule has 0 aliphatic carbocycles. The summed E-state index contributed by atoms with van der Waals surface area (Å²) < 4.78 is 24.3. The predicted molar refractivity (Wildman–Crippen MR) is 77.5 cm³/mol. The number of methoxy groups -OCH3 is 1. The summed E-state index contributed by atoms with van der Waals surface area (Å²) >= 11 is 1.15. The molecule has 3 rings (SSSR count). The zero-order valence-corrected chi connectivity index (χ0v) is 12.2. The average molecular weight is 316 g/mol. The van der Waals surface area contributed by atoms with Gasteiger partial charge >= 0.3 is 0 Å². The third-order valence-electron chi connectivity index (χ3n) is 3.08. The number of aromatic nitrogens is 1. The fourth-order valence-electron chi connectivity index (χ4n) is 2.01. The van der Waals surface area contributed by atoms with Gasteiger partial charge < -0.3 is 9.15 Å². The largest absolute Gasteiger partial charge is 0.494 e. The molecule has 5 nitrogen and oxygen atoms in total. The number of ketones is 1. The molecule has 0 saturated heterocycles. The van der Waals surface area contributed by atoms with Gasteiger partial charge in [0.2, 0.25) is 5.78 Å². The van der Waals surface area contributed by atoms with Crippen molar-refractivity contribution in [1.82, 2.24) is 4.98 Å². The normalized spacial score (nSPS) is 12.0. The summed E-state index contributed by atoms with van der Waals surface area (Å²) in [6.07, 6.45) is 1.36. The van der Waals surface area contributed by atoms with Crippen molar-refractivity contribution in [3.05, 3.63) is 47.1 Å². The van der Waals surface area contributed by atoms with Crippen molar-refractivity contribution in [1.29, 1.82) is 5.26 Å². The van der Waals surface area contributed by atoms with Gasteiger partial charge in [0.1, 0.15) is 5.01 Å². The minimum absolute atomic E-state index is 0.0913. The molecule has 0 fully saturated rings. The number of nitrogens with zero attached hydrogens (tertiary/aromatic N) is 2. The molecule has 0 radical (unpaired) electrons. The third-order valence-corrected chi connectivity index (χ3v) is 4.16. The van der Waals surface area contributed by atoms with E-state index >= 15 is 0 Å². The molecular weight excluding hydrogens is 307 g/mol. The summed E-state index contributed by atoms with van der Waals surface area (Å²) in [5.41, 5.74) is 0.380. The molecule has 0 aliphatic heterocycles. The van der Waals surface area contributed by atoms with Crippen LogP contribution in [0.15, 0.2) is 34.9 Å². The second-order valence-corrected chi connectivity index (χ2v) is 5.47. The van der Waals surface area contributed by atoms with Crippen LogP contribution in [0.5, 0.6) is 5.75 Å². The molecule has 0 amide bonds. The van der Waals surface area contributed by atoms with Gasteiger partial charge in [-0.1, -0.05) is 0 Å². The first-order valence-corrected chi connectivity index (χ1v) is 7.07. The second kappa shape index (κ2) is 5.58. The van der Waals surface area contributed by atoms with Crippen molar-refractivity contribution >= 4 is 27.3 Å². The van der Waals surface area contributed by atoms with E-state index in [4.69, 9.17) is 9.15 Å². The van der Waals surface area contributed by atoms with E-state index in [1.807, 2.05) is 6.07 Å². The summed E-state index contributed by atoms with van der Waals surface area (Å²) in [7, 11) is 1.37. The van der Waals surface area contributed by atoms with E-state index in [2.05, 4.69) is 4.98 Å². The first-order chi connectivity index (χ1) is 10.6. The van der Waals surface area contributed by atoms with Gasteiger partial charge in [-0.05, 0) is 12.1 Å². The van der Waals surface area contributed by atoms with Crippen LogP contribution in [0.4, 0.5) is 4.39 Å². The highest BCUT2D eigenvalue weighted by Crippen LogP contribution is 2.33. The number of fused-ring (bicyclic) bond motifs is 1. The lowest BCUT2D eigenvalue weighted by Gasteiger charge is -2.01. The van der Waals surface area contributed by atoms with Crippen molar-refractivity contribution < 1.29 is 18.3 Å². The van der Waals surface area contributed by atoms with E-state index < -0.39 is 17.5 Å². The Morgan fingerprint density at radius 3 is 3.00 bits per heavy atom. The van der Waals surface area contributed by atoms with Crippen molar-refractivity contribution in [3.8, 4) is 11.8 Å². The van der Waals surface area contributed by atoms with E-state index in [9.17, 15) is 14.4 Å². The fourth-order valence-corrected chi connectivity index (χ4v) is 3.04. The highest BCUT2D eigenvalue weighted by atomic mass is 32.1. The number of benzene rings is 1. The third kappa shape index (κ3) is 2.34. The summed E-state index contributed by atoms with van der Waals surface area (Å²) in [6.45, 7) is 0. The van der Waals surface area contributed by atoms with Gasteiger partial charge in [-0.15, -0.1) is 11.3 Å². The highest BCUT2D eigenvalue weighted by molar-refractivity contribution is 7.18. The van der Waals surface area contributed by atoms with Gasteiger partial charge in [0, 0.05) is 12.1 Å². The maximum atomic E-state index is 13.7. The minimum atomic E-state index is -1.09. The molecule has 0 N–H and O–H groups in total. The van der Waals surface area contributed by atoms with Crippen LogP contribution in [-0.4, -0.2) is 17.9 Å². The number of hydrogen-bond acceptors (Lipinski definition) is 6. The van der Waals surface area contributed by atoms with Crippen molar-refractivity contribution in [2.24, 2.45) is 0 Å². The number of nitriles is 1. The van der Waals surface area contributed by atoms with Crippen molar-refractivity contribution in [2.45, 2.75) is 5.92 Å². The van der Waals surface area contributed by atoms with Gasteiger partial charge in [-0.25, -0.2) is 9.37 Å². The molecule has 0 bridgehead atoms. The van der Waals surface area contributed by atoms with Crippen LogP contribution in [0.3, 0.4) is 0 Å². The smallest absolute Gasteiger partial charge is 0.222 e. The van der Waals surface area contributed by atoms with Crippen LogP contribution in [0, 0.1) is 17.1 Å². The van der Waals surface area contributed by atoms with E-state index in [-0.39, 0.29) is 11.5 Å². The Morgan fingerprint density at radius 1 is 1.55 bits per heavy atom. The summed E-state index contributed by atoms with van der Waals surface area (Å²) in [5, 5.41) is 9.58. The number of thiazole rings is 1. The first-order valence-electron chi connectivity index (χ1n) is 6.25. The van der Waals surface area contributed by atoms with Gasteiger partial charge in [-0.2, -0.15) is 5.26 Å². The number of carbonyl (C=O) groups excluding carboxylic acids is 1. The number of furan rings is 1. The van der Waals surface area contributed by atoms with Crippen LogP contribution in [0.25, 0.3) is 10.2 Å². The molecule has 3 aromatic rings. The maximum Gasteiger partial charge on any atom is 0.222 e. The number of hydrogen-bond donors (Lipinski definition) is 0. The van der Waals surface area contributed by atoms with Crippen LogP contribution >= 0.6 is 11.3 Å². The Morgan fingerprint density at radius 2 is 2.36 bits per heavy atom. The zero-order valence-electron chi connectivity index (χ0n) is 11.4. The Kier molecular flexibility index (Phi) is 3.61. The Labute approximate surface area is 128 Å². The first kappa shape index (κ1) is 14.2. The van der Waals surface area contributed by atoms with Crippen LogP contribution in [-0.2, 0) is 0 Å². The molecule has 0 saturated carbocycles. The van der Waals surface area contributed by atoms with E-state index in [0.29, 0.717) is 15.2 Å². The van der Waals surface area contributed by atoms with Crippen LogP contribution < -0.4 is 4.74 Å². The Balaban J connectivity index is 2.05. The summed E-state index contributed by atoms with van der Waals surface area (Å²) in [4.78, 5) is 16.4. The minimum Gasteiger partial charge on any atom is -0.494 e. The standard InChI is InChI=1S/C15H9FN2O3S/c1-20-12-6-13-10(5-9(12)16)18-15(22-13)8(7-17)14(19)11-3-2-4-21-11/h2-6,8H,1H3. The van der Waals surface area contributed by atoms with Crippen molar-refractivity contribution in [3.63, 3.8) is 0 Å². The fraction of sp³-hybridized carbons (Fsp3) is 0.133. The van der Waals surface area contributed by atoms with Gasteiger partial charge in [-0.3, -0.25) is 4.79 Å². The SMILES string of the molecule is COc1cc2sc(C(C#N)C(=O)c3ccco3)nc2cc1F. The molecule has 22 heavy (non-hydrogen) atoms. The Bertz CT molecular complexity index is 880. The van der Waals surface area contributed by atoms with Gasteiger partial charge in [0.15, 0.2) is 23.2 Å². The molecule has 110 valence electrons. The molecule has 2 aromatic heterocycles. The zero-order chi connectivity index (χ0) is 15.7. The van der Waals surface area contributed by atoms with E-state index in [1.54, 1.807) is 6.07 Å². The summed E-state index contributed by atoms with van der Waals surface area (Å²) in [5.74, 6) is -1.92. The lowest BCUT2D eigenvalue weighted by molar-refractivity contribution is 0.0952. The van der Waals surface area contributed by atoms with E-state index in [0.717, 1.165) is 11.3 Å². The number of Topliss-reactive ketones (excluding diaryl/α,β-unsaturated/α-hetero) is 1. The maximum absolute atomic E-state index is 13.7. The lowest BCUT2D eigenvalue weighted by Crippen LogP contribution is -2.10. The van der Waals surface area contributed by atoms with Gasteiger partial charge in [0.25, 0.3) is 0 Å². The molecule has 0 spiro atoms. The van der Waals surface area contributed by atoms with E-state index in [1.165, 1.54) is 31.6 Å². The molecule has 1 atom stereocenters. The van der Waals surface area contributed by atoms with Crippen LogP contribution in [0.1, 0.15) is 21.5 Å². The number of ether oxygens (including phenoxy) is 1. The average Bonchev–Trinajstić information content (AvgIpc) is 3.15. The molecule has 7 heteroatoms.